The number of para-hydroxylation sites is 1. The number of furan rings is 1. The maximum Gasteiger partial charge on any atom is 0.226 e. The molecule has 8 heteroatoms. The lowest BCUT2D eigenvalue weighted by molar-refractivity contribution is -0.116. The van der Waals surface area contributed by atoms with Gasteiger partial charge in [-0.15, -0.1) is 0 Å². The fraction of sp³-hybridized carbons (Fsp3) is 0.276. The summed E-state index contributed by atoms with van der Waals surface area (Å²) in [7, 11) is 0. The van der Waals surface area contributed by atoms with Crippen LogP contribution in [0.5, 0.6) is 0 Å². The van der Waals surface area contributed by atoms with Crippen molar-refractivity contribution in [1.29, 1.82) is 0 Å². The minimum absolute atomic E-state index is 0.0413. The van der Waals surface area contributed by atoms with Gasteiger partial charge in [-0.1, -0.05) is 24.3 Å². The average Bonchev–Trinajstić information content (AvgIpc) is 3.60. The van der Waals surface area contributed by atoms with Crippen LogP contribution in [0.15, 0.2) is 77.5 Å². The van der Waals surface area contributed by atoms with E-state index in [1.807, 2.05) is 61.5 Å². The zero-order valence-corrected chi connectivity index (χ0v) is 22.1. The maximum atomic E-state index is 12.9. The van der Waals surface area contributed by atoms with Gasteiger partial charge in [-0.05, 0) is 80.5 Å². The Kier molecular flexibility index (Phi) is 7.10. The summed E-state index contributed by atoms with van der Waals surface area (Å²) in [4.78, 5) is 19.7. The van der Waals surface area contributed by atoms with Crippen molar-refractivity contribution < 1.29 is 9.21 Å². The zero-order valence-electron chi connectivity index (χ0n) is 21.3. The van der Waals surface area contributed by atoms with E-state index in [-0.39, 0.29) is 18.0 Å². The van der Waals surface area contributed by atoms with E-state index in [9.17, 15) is 4.79 Å². The van der Waals surface area contributed by atoms with Crippen LogP contribution in [0.1, 0.15) is 52.5 Å². The van der Waals surface area contributed by atoms with Crippen molar-refractivity contribution in [2.75, 3.05) is 11.9 Å². The quantitative estimate of drug-likeness (QED) is 0.305. The largest absolute Gasteiger partial charge is 0.467 e. The lowest BCUT2D eigenvalue weighted by Crippen LogP contribution is -2.33. The molecule has 0 saturated carbocycles. The third-order valence-electron chi connectivity index (χ3n) is 7.02. The number of nitrogens with zero attached hydrogens (tertiary/aromatic N) is 3. The minimum atomic E-state index is -0.134. The molecule has 1 amide bonds. The number of anilines is 1. The summed E-state index contributed by atoms with van der Waals surface area (Å²) in [5, 5.41) is 7.15. The smallest absolute Gasteiger partial charge is 0.226 e. The van der Waals surface area contributed by atoms with E-state index in [0.29, 0.717) is 24.6 Å². The lowest BCUT2D eigenvalue weighted by Gasteiger charge is -2.28. The van der Waals surface area contributed by atoms with Crippen LogP contribution in [0.3, 0.4) is 0 Å². The number of aromatic nitrogens is 2. The van der Waals surface area contributed by atoms with Gasteiger partial charge >= 0.3 is 0 Å². The van der Waals surface area contributed by atoms with Gasteiger partial charge in [0.2, 0.25) is 5.91 Å². The first-order valence-corrected chi connectivity index (χ1v) is 12.9. The Hall–Kier alpha value is -3.91. The molecule has 1 aliphatic heterocycles. The molecule has 1 fully saturated rings. The molecule has 0 unspecified atom stereocenters. The molecule has 5 rings (SSSR count). The van der Waals surface area contributed by atoms with Gasteiger partial charge in [-0.25, -0.2) is 0 Å². The second-order valence-corrected chi connectivity index (χ2v) is 9.81. The molecule has 0 bridgehead atoms. The van der Waals surface area contributed by atoms with Gasteiger partial charge in [-0.2, -0.15) is 0 Å². The highest BCUT2D eigenvalue weighted by Gasteiger charge is 2.41. The molecule has 4 aromatic rings. The number of thiocarbonyl (C=S) groups is 1. The molecule has 1 aliphatic rings. The summed E-state index contributed by atoms with van der Waals surface area (Å²) < 4.78 is 7.87. The predicted octanol–water partition coefficient (Wildman–Crippen LogP) is 5.45. The molecule has 2 atom stereocenters. The van der Waals surface area contributed by atoms with E-state index < -0.39 is 0 Å². The lowest BCUT2D eigenvalue weighted by atomic mass is 9.96. The molecule has 0 spiro atoms. The van der Waals surface area contributed by atoms with Gasteiger partial charge in [0.05, 0.1) is 30.6 Å². The number of rotatable bonds is 8. The fourth-order valence-electron chi connectivity index (χ4n) is 5.06. The Bertz CT molecular complexity index is 1400. The van der Waals surface area contributed by atoms with Crippen LogP contribution in [-0.2, 0) is 11.3 Å². The van der Waals surface area contributed by atoms with Crippen molar-refractivity contribution in [2.45, 2.75) is 45.8 Å². The molecule has 1 aromatic carbocycles. The number of pyridine rings is 1. The molecule has 3 aromatic heterocycles. The third kappa shape index (κ3) is 5.15. The SMILES string of the molecule is Cc1ccccc1NC(=O)CCN1C(=S)N[C@H](c2ccccn2)[C@H]1c1cc(C)n(Cc2ccco2)c1C. The molecule has 0 aliphatic carbocycles. The van der Waals surface area contributed by atoms with Gasteiger partial charge in [0, 0.05) is 36.2 Å². The van der Waals surface area contributed by atoms with E-state index >= 15 is 0 Å². The summed E-state index contributed by atoms with van der Waals surface area (Å²) in [6, 6.07) is 19.6. The second kappa shape index (κ2) is 10.6. The standard InChI is InChI=1S/C29H31N5O2S/c1-19-9-4-5-11-24(19)31-26(35)13-15-33-28(27(32-29(33)37)25-12-6-7-14-30-25)23-17-20(2)34(21(23)3)18-22-10-8-16-36-22/h4-12,14,16-17,27-28H,13,15,18H2,1-3H3,(H,31,35)(H,32,37)/t27-,28-/m1/s1. The summed E-state index contributed by atoms with van der Waals surface area (Å²) in [5.41, 5.74) is 6.22. The number of aryl methyl sites for hydroxylation is 2. The van der Waals surface area contributed by atoms with Gasteiger partial charge < -0.3 is 24.5 Å². The fourth-order valence-corrected chi connectivity index (χ4v) is 5.39. The van der Waals surface area contributed by atoms with Gasteiger partial charge in [0.15, 0.2) is 5.11 Å². The topological polar surface area (TPSA) is 75.3 Å². The molecule has 0 radical (unpaired) electrons. The van der Waals surface area contributed by atoms with Crippen molar-refractivity contribution in [3.05, 3.63) is 107 Å². The molecule has 37 heavy (non-hydrogen) atoms. The highest BCUT2D eigenvalue weighted by atomic mass is 32.1. The molecule has 1 saturated heterocycles. The normalized spacial score (nSPS) is 17.2. The maximum absolute atomic E-state index is 12.9. The Labute approximate surface area is 222 Å². The van der Waals surface area contributed by atoms with Crippen LogP contribution in [-0.4, -0.2) is 32.0 Å². The predicted molar refractivity (Wildman–Crippen MR) is 148 cm³/mol. The van der Waals surface area contributed by atoms with Gasteiger partial charge in [-0.3, -0.25) is 9.78 Å². The number of carbonyl (C=O) groups excluding carboxylic acids is 1. The highest BCUT2D eigenvalue weighted by Crippen LogP contribution is 2.41. The number of carbonyl (C=O) groups is 1. The van der Waals surface area contributed by atoms with Crippen LogP contribution >= 0.6 is 12.2 Å². The van der Waals surface area contributed by atoms with Crippen LogP contribution < -0.4 is 10.6 Å². The zero-order chi connectivity index (χ0) is 25.9. The molecule has 190 valence electrons. The Morgan fingerprint density at radius 3 is 2.65 bits per heavy atom. The van der Waals surface area contributed by atoms with Crippen LogP contribution in [0, 0.1) is 20.8 Å². The molecule has 4 heterocycles. The van der Waals surface area contributed by atoms with E-state index in [4.69, 9.17) is 16.6 Å². The van der Waals surface area contributed by atoms with Crippen molar-refractivity contribution in [3.8, 4) is 0 Å². The summed E-state index contributed by atoms with van der Waals surface area (Å²) >= 11 is 5.81. The third-order valence-corrected chi connectivity index (χ3v) is 7.37. The van der Waals surface area contributed by atoms with E-state index in [2.05, 4.69) is 45.0 Å². The minimum Gasteiger partial charge on any atom is -0.467 e. The van der Waals surface area contributed by atoms with Gasteiger partial charge in [0.25, 0.3) is 0 Å². The molecular formula is C29H31N5O2S. The first-order chi connectivity index (χ1) is 17.9. The first-order valence-electron chi connectivity index (χ1n) is 12.4. The number of amides is 1. The van der Waals surface area contributed by atoms with Crippen molar-refractivity contribution in [3.63, 3.8) is 0 Å². The highest BCUT2D eigenvalue weighted by molar-refractivity contribution is 7.80. The monoisotopic (exact) mass is 513 g/mol. The molecule has 2 N–H and O–H groups in total. The Morgan fingerprint density at radius 2 is 1.92 bits per heavy atom. The molecular weight excluding hydrogens is 482 g/mol. The summed E-state index contributed by atoms with van der Waals surface area (Å²) in [6.07, 6.45) is 3.81. The molecule has 7 nitrogen and oxygen atoms in total. The van der Waals surface area contributed by atoms with E-state index in [1.165, 1.54) is 0 Å². The summed E-state index contributed by atoms with van der Waals surface area (Å²) in [6.45, 7) is 7.37. The number of hydrogen-bond donors (Lipinski definition) is 2. The van der Waals surface area contributed by atoms with Crippen LogP contribution in [0.25, 0.3) is 0 Å². The van der Waals surface area contributed by atoms with Crippen LogP contribution in [0.4, 0.5) is 5.69 Å². The van der Waals surface area contributed by atoms with Crippen molar-refractivity contribution in [1.82, 2.24) is 19.8 Å². The van der Waals surface area contributed by atoms with E-state index in [0.717, 1.165) is 39.7 Å². The second-order valence-electron chi connectivity index (χ2n) is 9.43. The van der Waals surface area contributed by atoms with Crippen molar-refractivity contribution >= 4 is 28.9 Å². The Balaban J connectivity index is 1.43. The Morgan fingerprint density at radius 1 is 1.11 bits per heavy atom. The number of benzene rings is 1. The van der Waals surface area contributed by atoms with Crippen molar-refractivity contribution in [2.24, 2.45) is 0 Å². The number of nitrogens with one attached hydrogen (secondary N) is 2. The van der Waals surface area contributed by atoms with Crippen LogP contribution in [0.2, 0.25) is 0 Å². The summed E-state index contributed by atoms with van der Waals surface area (Å²) in [5.74, 6) is 0.861. The van der Waals surface area contributed by atoms with E-state index in [1.54, 1.807) is 12.5 Å². The van der Waals surface area contributed by atoms with Gasteiger partial charge in [0.1, 0.15) is 5.76 Å². The first kappa shape index (κ1) is 24.8. The number of hydrogen-bond acceptors (Lipinski definition) is 4. The average molecular weight is 514 g/mol.